The highest BCUT2D eigenvalue weighted by atomic mass is 16.7. The van der Waals surface area contributed by atoms with Crippen LogP contribution in [0.1, 0.15) is 48.0 Å². The molecule has 3 aromatic carbocycles. The molecule has 3 heterocycles. The first-order valence-electron chi connectivity index (χ1n) is 15.2. The molecule has 2 saturated heterocycles. The van der Waals surface area contributed by atoms with Gasteiger partial charge in [0, 0.05) is 70.6 Å². The third-order valence-electron chi connectivity index (χ3n) is 8.24. The lowest BCUT2D eigenvalue weighted by Crippen LogP contribution is -2.50. The van der Waals surface area contributed by atoms with Gasteiger partial charge < -0.3 is 24.8 Å². The largest absolute Gasteiger partial charge is 0.392 e. The Hall–Kier alpha value is -4.15. The summed E-state index contributed by atoms with van der Waals surface area (Å²) in [7, 11) is 0. The number of piperazine rings is 1. The summed E-state index contributed by atoms with van der Waals surface area (Å²) < 4.78 is 13.3. The van der Waals surface area contributed by atoms with Gasteiger partial charge in [0.1, 0.15) is 0 Å². The van der Waals surface area contributed by atoms with Gasteiger partial charge >= 0.3 is 0 Å². The molecule has 1 aromatic heterocycles. The van der Waals surface area contributed by atoms with Crippen molar-refractivity contribution in [2.75, 3.05) is 37.6 Å². The van der Waals surface area contributed by atoms with Crippen LogP contribution in [0.5, 0.6) is 0 Å². The van der Waals surface area contributed by atoms with Crippen LogP contribution in [0.3, 0.4) is 0 Å². The Morgan fingerprint density at radius 2 is 1.59 bits per heavy atom. The number of carbonyl (C=O) groups is 1. The molecule has 2 aliphatic rings. The summed E-state index contributed by atoms with van der Waals surface area (Å²) in [5, 5.41) is 12.4. The molecule has 4 aromatic rings. The van der Waals surface area contributed by atoms with Crippen molar-refractivity contribution in [2.45, 2.75) is 45.0 Å². The van der Waals surface area contributed by atoms with Crippen LogP contribution >= 0.6 is 0 Å². The highest BCUT2D eigenvalue weighted by Crippen LogP contribution is 2.39. The number of amides is 1. The van der Waals surface area contributed by atoms with Crippen molar-refractivity contribution in [3.8, 4) is 11.1 Å². The minimum Gasteiger partial charge on any atom is -0.392 e. The van der Waals surface area contributed by atoms with E-state index in [4.69, 9.17) is 9.47 Å². The van der Waals surface area contributed by atoms with Crippen molar-refractivity contribution in [3.63, 3.8) is 0 Å². The maximum atomic E-state index is 11.4. The number of rotatable bonds is 9. The second-order valence-corrected chi connectivity index (χ2v) is 11.4. The standard InChI is InChI=1S/C35H39N5O4/c1-25(42)38-22-27-5-2-6-29(19-27)30-7-3-8-31(20-30)34-43-32(21-33(44-34)28-11-9-26(24-41)10-12-28)23-39-15-17-40(18-16-39)35-36-13-4-14-37-35/h2-14,19-20,32-34,41H,15-18,21-24H2,1H3,(H,38,42). The van der Waals surface area contributed by atoms with Crippen molar-refractivity contribution >= 4 is 11.9 Å². The van der Waals surface area contributed by atoms with Crippen molar-refractivity contribution in [1.82, 2.24) is 20.2 Å². The van der Waals surface area contributed by atoms with Gasteiger partial charge in [0.2, 0.25) is 11.9 Å². The van der Waals surface area contributed by atoms with Crippen molar-refractivity contribution in [2.24, 2.45) is 0 Å². The quantitative estimate of drug-likeness (QED) is 0.290. The zero-order chi connectivity index (χ0) is 30.3. The summed E-state index contributed by atoms with van der Waals surface area (Å²) in [5.41, 5.74) is 6.08. The lowest BCUT2D eigenvalue weighted by molar-refractivity contribution is -0.253. The van der Waals surface area contributed by atoms with E-state index in [1.807, 2.05) is 48.5 Å². The fourth-order valence-electron chi connectivity index (χ4n) is 5.86. The normalized spacial score (nSPS) is 20.8. The Morgan fingerprint density at radius 1 is 0.864 bits per heavy atom. The van der Waals surface area contributed by atoms with E-state index in [9.17, 15) is 9.90 Å². The van der Waals surface area contributed by atoms with Crippen LogP contribution in [-0.2, 0) is 27.4 Å². The van der Waals surface area contributed by atoms with Gasteiger partial charge in [-0.25, -0.2) is 9.97 Å². The second-order valence-electron chi connectivity index (χ2n) is 11.4. The Bertz CT molecular complexity index is 1530. The van der Waals surface area contributed by atoms with Gasteiger partial charge in [0.05, 0.1) is 18.8 Å². The fourth-order valence-corrected chi connectivity index (χ4v) is 5.86. The van der Waals surface area contributed by atoms with Crippen molar-refractivity contribution < 1.29 is 19.4 Å². The molecule has 3 atom stereocenters. The van der Waals surface area contributed by atoms with Crippen LogP contribution < -0.4 is 10.2 Å². The molecule has 9 nitrogen and oxygen atoms in total. The van der Waals surface area contributed by atoms with E-state index in [1.165, 1.54) is 6.92 Å². The van der Waals surface area contributed by atoms with Crippen LogP contribution in [0, 0.1) is 0 Å². The number of aliphatic hydroxyl groups excluding tert-OH is 1. The number of hydrogen-bond donors (Lipinski definition) is 2. The number of anilines is 1. The van der Waals surface area contributed by atoms with Crippen LogP contribution in [0.15, 0.2) is 91.3 Å². The Morgan fingerprint density at radius 3 is 2.32 bits per heavy atom. The predicted octanol–water partition coefficient (Wildman–Crippen LogP) is 4.64. The highest BCUT2D eigenvalue weighted by molar-refractivity contribution is 5.73. The van der Waals surface area contributed by atoms with Crippen LogP contribution in [0.4, 0.5) is 5.95 Å². The van der Waals surface area contributed by atoms with Crippen molar-refractivity contribution in [1.29, 1.82) is 0 Å². The van der Waals surface area contributed by atoms with Gasteiger partial charge in [-0.1, -0.05) is 60.7 Å². The molecule has 3 unspecified atom stereocenters. The van der Waals surface area contributed by atoms with Crippen LogP contribution in [-0.4, -0.2) is 64.7 Å². The average molecular weight is 594 g/mol. The first-order valence-corrected chi connectivity index (χ1v) is 15.2. The summed E-state index contributed by atoms with van der Waals surface area (Å²) in [6.45, 7) is 6.38. The van der Waals surface area contributed by atoms with Gasteiger partial charge in [-0.2, -0.15) is 0 Å². The zero-order valence-electron chi connectivity index (χ0n) is 25.0. The monoisotopic (exact) mass is 593 g/mol. The smallest absolute Gasteiger partial charge is 0.225 e. The molecule has 0 aliphatic carbocycles. The topological polar surface area (TPSA) is 100 Å². The van der Waals surface area contributed by atoms with Gasteiger partial charge in [0.25, 0.3) is 0 Å². The molecule has 0 radical (unpaired) electrons. The number of hydrogen-bond acceptors (Lipinski definition) is 8. The van der Waals surface area contributed by atoms with E-state index < -0.39 is 6.29 Å². The van der Waals surface area contributed by atoms with E-state index in [-0.39, 0.29) is 24.7 Å². The molecular weight excluding hydrogens is 554 g/mol. The maximum absolute atomic E-state index is 11.4. The van der Waals surface area contributed by atoms with E-state index >= 15 is 0 Å². The lowest BCUT2D eigenvalue weighted by atomic mass is 9.98. The summed E-state index contributed by atoms with van der Waals surface area (Å²) in [6, 6.07) is 26.4. The fraction of sp³-hybridized carbons (Fsp3) is 0.343. The Labute approximate surface area is 258 Å². The van der Waals surface area contributed by atoms with Gasteiger partial charge in [-0.05, 0) is 46.0 Å². The molecule has 228 valence electrons. The molecule has 2 N–H and O–H groups in total. The van der Waals surface area contributed by atoms with Crippen molar-refractivity contribution in [3.05, 3.63) is 114 Å². The molecule has 2 aliphatic heterocycles. The number of aliphatic hydroxyl groups is 1. The summed E-state index contributed by atoms with van der Waals surface area (Å²) in [6.07, 6.45) is 3.61. The minimum atomic E-state index is -0.530. The predicted molar refractivity (Wildman–Crippen MR) is 169 cm³/mol. The third-order valence-corrected chi connectivity index (χ3v) is 8.24. The Balaban J connectivity index is 1.19. The second kappa shape index (κ2) is 14.1. The SMILES string of the molecule is CC(=O)NCc1cccc(-c2cccc(C3OC(CN4CCN(c5ncccn5)CC4)CC(c4ccc(CO)cc4)O3)c2)c1. The lowest BCUT2D eigenvalue weighted by Gasteiger charge is -2.40. The molecule has 1 amide bonds. The molecule has 6 rings (SSSR count). The van der Waals surface area contributed by atoms with Gasteiger partial charge in [0.15, 0.2) is 6.29 Å². The first-order chi connectivity index (χ1) is 21.5. The molecular formula is C35H39N5O4. The molecule has 9 heteroatoms. The number of nitrogens with one attached hydrogen (secondary N) is 1. The number of nitrogens with zero attached hydrogens (tertiary/aromatic N) is 4. The number of ether oxygens (including phenoxy) is 2. The van der Waals surface area contributed by atoms with E-state index in [2.05, 4.69) is 55.4 Å². The summed E-state index contributed by atoms with van der Waals surface area (Å²) in [5.74, 6) is 0.729. The number of aromatic nitrogens is 2. The van der Waals surface area contributed by atoms with E-state index in [0.29, 0.717) is 6.54 Å². The van der Waals surface area contributed by atoms with E-state index in [0.717, 1.165) is 78.5 Å². The number of carbonyl (C=O) groups excluding carboxylic acids is 1. The summed E-state index contributed by atoms with van der Waals surface area (Å²) >= 11 is 0. The molecule has 0 spiro atoms. The molecule has 2 fully saturated rings. The molecule has 44 heavy (non-hydrogen) atoms. The van der Waals surface area contributed by atoms with Crippen LogP contribution in [0.2, 0.25) is 0 Å². The van der Waals surface area contributed by atoms with Gasteiger partial charge in [-0.3, -0.25) is 9.69 Å². The summed E-state index contributed by atoms with van der Waals surface area (Å²) in [4.78, 5) is 24.9. The van der Waals surface area contributed by atoms with E-state index in [1.54, 1.807) is 12.4 Å². The molecule has 0 saturated carbocycles. The Kier molecular flexibility index (Phi) is 9.58. The van der Waals surface area contributed by atoms with Gasteiger partial charge in [-0.15, -0.1) is 0 Å². The highest BCUT2D eigenvalue weighted by Gasteiger charge is 2.34. The molecule has 0 bridgehead atoms. The number of benzene rings is 3. The zero-order valence-corrected chi connectivity index (χ0v) is 25.0. The minimum absolute atomic E-state index is 0.0129. The van der Waals surface area contributed by atoms with Crippen LogP contribution in [0.25, 0.3) is 11.1 Å². The first kappa shape index (κ1) is 29.9. The average Bonchev–Trinajstić information content (AvgIpc) is 3.08. The third kappa shape index (κ3) is 7.49. The maximum Gasteiger partial charge on any atom is 0.225 e.